The minimum absolute atomic E-state index is 0.0710. The standard InChI is InChI=1S/C14H23F3N2O/c1-2-5-13(6-7-18-10-13)12(20)19-8-3-4-11(9-19)14(15,16)17/h11,18H,2-10H2,1H3. The van der Waals surface area contributed by atoms with Crippen molar-refractivity contribution in [2.75, 3.05) is 26.2 Å². The van der Waals surface area contributed by atoms with Gasteiger partial charge in [-0.3, -0.25) is 4.79 Å². The quantitative estimate of drug-likeness (QED) is 0.867. The molecule has 2 atom stereocenters. The minimum Gasteiger partial charge on any atom is -0.342 e. The highest BCUT2D eigenvalue weighted by Gasteiger charge is 2.47. The average Bonchev–Trinajstić information content (AvgIpc) is 2.87. The number of likely N-dealkylation sites (tertiary alicyclic amines) is 1. The Hall–Kier alpha value is -0.780. The first kappa shape index (κ1) is 15.6. The zero-order chi connectivity index (χ0) is 14.8. The molecule has 116 valence electrons. The van der Waals surface area contributed by atoms with Gasteiger partial charge in [0.1, 0.15) is 0 Å². The van der Waals surface area contributed by atoms with E-state index in [2.05, 4.69) is 5.32 Å². The van der Waals surface area contributed by atoms with Crippen LogP contribution in [-0.2, 0) is 4.79 Å². The van der Waals surface area contributed by atoms with Gasteiger partial charge >= 0.3 is 6.18 Å². The van der Waals surface area contributed by atoms with Gasteiger partial charge in [-0.15, -0.1) is 0 Å². The molecule has 1 amide bonds. The lowest BCUT2D eigenvalue weighted by atomic mass is 9.80. The molecule has 6 heteroatoms. The lowest BCUT2D eigenvalue weighted by molar-refractivity contribution is -0.189. The third-order valence-electron chi connectivity index (χ3n) is 4.60. The molecule has 1 N–H and O–H groups in total. The van der Waals surface area contributed by atoms with Crippen LogP contribution in [0.3, 0.4) is 0 Å². The summed E-state index contributed by atoms with van der Waals surface area (Å²) in [5.41, 5.74) is -0.470. The maximum atomic E-state index is 12.8. The second-order valence-electron chi connectivity index (χ2n) is 6.09. The Kier molecular flexibility index (Phi) is 4.62. The lowest BCUT2D eigenvalue weighted by Crippen LogP contribution is -2.51. The van der Waals surface area contributed by atoms with Crippen molar-refractivity contribution in [3.8, 4) is 0 Å². The van der Waals surface area contributed by atoms with Crippen molar-refractivity contribution >= 4 is 5.91 Å². The molecule has 0 aliphatic carbocycles. The molecule has 0 saturated carbocycles. The zero-order valence-electron chi connectivity index (χ0n) is 11.9. The summed E-state index contributed by atoms with van der Waals surface area (Å²) < 4.78 is 38.5. The fraction of sp³-hybridized carbons (Fsp3) is 0.929. The van der Waals surface area contributed by atoms with Crippen molar-refractivity contribution < 1.29 is 18.0 Å². The molecule has 2 aliphatic heterocycles. The molecular formula is C14H23F3N2O. The number of amides is 1. The molecule has 0 aromatic rings. The van der Waals surface area contributed by atoms with Gasteiger partial charge in [-0.25, -0.2) is 0 Å². The van der Waals surface area contributed by atoms with E-state index in [1.165, 1.54) is 4.90 Å². The monoisotopic (exact) mass is 292 g/mol. The Labute approximate surface area is 117 Å². The molecule has 2 unspecified atom stereocenters. The van der Waals surface area contributed by atoms with Crippen LogP contribution in [0.5, 0.6) is 0 Å². The largest absolute Gasteiger partial charge is 0.393 e. The summed E-state index contributed by atoms with van der Waals surface area (Å²) in [7, 11) is 0. The van der Waals surface area contributed by atoms with Gasteiger partial charge in [-0.05, 0) is 32.2 Å². The summed E-state index contributed by atoms with van der Waals surface area (Å²) >= 11 is 0. The molecule has 0 aromatic carbocycles. The summed E-state index contributed by atoms with van der Waals surface area (Å²) in [5, 5.41) is 3.19. The number of hydrogen-bond donors (Lipinski definition) is 1. The van der Waals surface area contributed by atoms with Crippen LogP contribution in [0, 0.1) is 11.3 Å². The second kappa shape index (κ2) is 5.92. The van der Waals surface area contributed by atoms with Gasteiger partial charge in [0, 0.05) is 19.6 Å². The summed E-state index contributed by atoms with van der Waals surface area (Å²) in [6.45, 7) is 3.71. The minimum atomic E-state index is -4.19. The Bertz CT molecular complexity index is 351. The van der Waals surface area contributed by atoms with Gasteiger partial charge in [0.25, 0.3) is 0 Å². The molecule has 2 rings (SSSR count). The van der Waals surface area contributed by atoms with Crippen LogP contribution in [0.25, 0.3) is 0 Å². The molecule has 20 heavy (non-hydrogen) atoms. The average molecular weight is 292 g/mol. The first-order valence-electron chi connectivity index (χ1n) is 7.46. The summed E-state index contributed by atoms with van der Waals surface area (Å²) in [5.74, 6) is -1.42. The van der Waals surface area contributed by atoms with Crippen molar-refractivity contribution in [1.82, 2.24) is 10.2 Å². The van der Waals surface area contributed by atoms with E-state index >= 15 is 0 Å². The number of carbonyl (C=O) groups is 1. The van der Waals surface area contributed by atoms with E-state index in [1.807, 2.05) is 6.92 Å². The van der Waals surface area contributed by atoms with E-state index < -0.39 is 17.5 Å². The molecule has 2 aliphatic rings. The predicted molar refractivity (Wildman–Crippen MR) is 70.2 cm³/mol. The molecular weight excluding hydrogens is 269 g/mol. The second-order valence-corrected chi connectivity index (χ2v) is 6.09. The number of rotatable bonds is 3. The molecule has 0 spiro atoms. The van der Waals surface area contributed by atoms with Gasteiger partial charge < -0.3 is 10.2 Å². The smallest absolute Gasteiger partial charge is 0.342 e. The van der Waals surface area contributed by atoms with E-state index in [1.54, 1.807) is 0 Å². The van der Waals surface area contributed by atoms with E-state index in [0.717, 1.165) is 25.8 Å². The van der Waals surface area contributed by atoms with Gasteiger partial charge in [0.05, 0.1) is 11.3 Å². The highest BCUT2D eigenvalue weighted by molar-refractivity contribution is 5.83. The van der Waals surface area contributed by atoms with Crippen LogP contribution in [0.2, 0.25) is 0 Å². The first-order valence-corrected chi connectivity index (χ1v) is 7.46. The van der Waals surface area contributed by atoms with Crippen LogP contribution in [-0.4, -0.2) is 43.2 Å². The van der Waals surface area contributed by atoms with Crippen molar-refractivity contribution in [3.05, 3.63) is 0 Å². The molecule has 0 aromatic heterocycles. The maximum Gasteiger partial charge on any atom is 0.393 e. The van der Waals surface area contributed by atoms with E-state index in [0.29, 0.717) is 19.5 Å². The molecule has 0 bridgehead atoms. The number of piperidine rings is 1. The highest BCUT2D eigenvalue weighted by atomic mass is 19.4. The topological polar surface area (TPSA) is 32.3 Å². The summed E-state index contributed by atoms with van der Waals surface area (Å²) in [6.07, 6.45) is -1.22. The third kappa shape index (κ3) is 3.10. The fourth-order valence-corrected chi connectivity index (χ4v) is 3.49. The predicted octanol–water partition coefficient (Wildman–Crippen LogP) is 2.57. The lowest BCUT2D eigenvalue weighted by Gasteiger charge is -2.39. The molecule has 2 saturated heterocycles. The maximum absolute atomic E-state index is 12.8. The Morgan fingerprint density at radius 2 is 2.20 bits per heavy atom. The molecule has 3 nitrogen and oxygen atoms in total. The van der Waals surface area contributed by atoms with Gasteiger partial charge in [-0.2, -0.15) is 13.2 Å². The first-order chi connectivity index (χ1) is 9.39. The third-order valence-corrected chi connectivity index (χ3v) is 4.60. The van der Waals surface area contributed by atoms with Gasteiger partial charge in [-0.1, -0.05) is 13.3 Å². The van der Waals surface area contributed by atoms with Gasteiger partial charge in [0.15, 0.2) is 0 Å². The Morgan fingerprint density at radius 3 is 2.75 bits per heavy atom. The van der Waals surface area contributed by atoms with Crippen molar-refractivity contribution in [2.45, 2.75) is 45.2 Å². The number of halogens is 3. The van der Waals surface area contributed by atoms with Crippen LogP contribution in [0.4, 0.5) is 13.2 Å². The van der Waals surface area contributed by atoms with Gasteiger partial charge in [0.2, 0.25) is 5.91 Å². The van der Waals surface area contributed by atoms with Crippen molar-refractivity contribution in [1.29, 1.82) is 0 Å². The summed E-state index contributed by atoms with van der Waals surface area (Å²) in [4.78, 5) is 14.2. The van der Waals surface area contributed by atoms with Crippen LogP contribution in [0.15, 0.2) is 0 Å². The molecule has 0 radical (unpaired) electrons. The van der Waals surface area contributed by atoms with E-state index in [9.17, 15) is 18.0 Å². The number of nitrogens with zero attached hydrogens (tertiary/aromatic N) is 1. The summed E-state index contributed by atoms with van der Waals surface area (Å²) in [6, 6.07) is 0. The number of nitrogens with one attached hydrogen (secondary N) is 1. The Morgan fingerprint density at radius 1 is 1.45 bits per heavy atom. The zero-order valence-corrected chi connectivity index (χ0v) is 11.9. The normalized spacial score (nSPS) is 31.6. The van der Waals surface area contributed by atoms with Crippen LogP contribution >= 0.6 is 0 Å². The number of carbonyl (C=O) groups excluding carboxylic acids is 1. The SMILES string of the molecule is CCCC1(C(=O)N2CCCC(C(F)(F)F)C2)CCNC1. The van der Waals surface area contributed by atoms with Crippen molar-refractivity contribution in [3.63, 3.8) is 0 Å². The van der Waals surface area contributed by atoms with Crippen LogP contribution in [0.1, 0.15) is 39.0 Å². The number of hydrogen-bond acceptors (Lipinski definition) is 2. The fourth-order valence-electron chi connectivity index (χ4n) is 3.49. The molecule has 2 heterocycles. The van der Waals surface area contributed by atoms with E-state index in [4.69, 9.17) is 0 Å². The molecule has 2 fully saturated rings. The number of alkyl halides is 3. The van der Waals surface area contributed by atoms with Crippen molar-refractivity contribution in [2.24, 2.45) is 11.3 Å². The van der Waals surface area contributed by atoms with E-state index in [-0.39, 0.29) is 18.9 Å². The van der Waals surface area contributed by atoms with Crippen LogP contribution < -0.4 is 5.32 Å². The Balaban J connectivity index is 2.07. The highest BCUT2D eigenvalue weighted by Crippen LogP contribution is 2.37.